The van der Waals surface area contributed by atoms with Gasteiger partial charge in [-0.15, -0.1) is 0 Å². The number of esters is 1. The minimum atomic E-state index is -0.493. The maximum absolute atomic E-state index is 12.5. The van der Waals surface area contributed by atoms with Crippen LogP contribution in [0.1, 0.15) is 32.7 Å². The van der Waals surface area contributed by atoms with Gasteiger partial charge in [-0.25, -0.2) is 4.79 Å². The topological polar surface area (TPSA) is 75.7 Å². The lowest BCUT2D eigenvalue weighted by Gasteiger charge is -2.17. The van der Waals surface area contributed by atoms with Crippen LogP contribution in [-0.4, -0.2) is 48.9 Å². The molecule has 0 saturated carbocycles. The molecule has 1 fully saturated rings. The molecule has 2 amide bonds. The fourth-order valence-corrected chi connectivity index (χ4v) is 3.17. The molecule has 27 heavy (non-hydrogen) atoms. The Morgan fingerprint density at radius 3 is 2.59 bits per heavy atom. The van der Waals surface area contributed by atoms with Gasteiger partial charge in [0.1, 0.15) is 0 Å². The Balaban J connectivity index is 1.56. The number of carbonyl (C=O) groups is 3. The monoisotopic (exact) mass is 366 g/mol. The Morgan fingerprint density at radius 2 is 1.85 bits per heavy atom. The Labute approximate surface area is 158 Å². The van der Waals surface area contributed by atoms with E-state index in [1.165, 1.54) is 18.7 Å². The second-order valence-electron chi connectivity index (χ2n) is 6.52. The van der Waals surface area contributed by atoms with Crippen molar-refractivity contribution < 1.29 is 19.1 Å². The molecule has 0 radical (unpaired) electrons. The van der Waals surface area contributed by atoms with E-state index in [-0.39, 0.29) is 24.3 Å². The highest BCUT2D eigenvalue weighted by Gasteiger charge is 2.30. The summed E-state index contributed by atoms with van der Waals surface area (Å²) in [7, 11) is 1.29. The number of carbonyl (C=O) groups excluding carboxylic acids is 3. The van der Waals surface area contributed by atoms with Gasteiger partial charge in [0.05, 0.1) is 18.7 Å². The van der Waals surface area contributed by atoms with Crippen LogP contribution < -0.4 is 5.32 Å². The molecule has 0 aliphatic carbocycles. The fraction of sp³-hybridized carbons (Fsp3) is 0.286. The Kier molecular flexibility index (Phi) is 5.86. The maximum atomic E-state index is 12.5. The number of methoxy groups -OCH3 is 1. The lowest BCUT2D eigenvalue weighted by atomic mass is 10.1. The van der Waals surface area contributed by atoms with Gasteiger partial charge in [-0.3, -0.25) is 9.59 Å². The van der Waals surface area contributed by atoms with Crippen LogP contribution in [0.4, 0.5) is 0 Å². The maximum Gasteiger partial charge on any atom is 0.337 e. The predicted molar refractivity (Wildman–Crippen MR) is 100 cm³/mol. The molecule has 6 nitrogen and oxygen atoms in total. The SMILES string of the molecule is COC(=O)c1cccc(C(=O)NC2CC(=O)N(CCc3ccccc3)C2)c1. The summed E-state index contributed by atoms with van der Waals surface area (Å²) in [5.41, 5.74) is 1.86. The van der Waals surface area contributed by atoms with Crippen molar-refractivity contribution in [3.63, 3.8) is 0 Å². The summed E-state index contributed by atoms with van der Waals surface area (Å²) < 4.78 is 4.67. The first kappa shape index (κ1) is 18.6. The summed E-state index contributed by atoms with van der Waals surface area (Å²) in [6, 6.07) is 16.1. The van der Waals surface area contributed by atoms with Gasteiger partial charge in [0.25, 0.3) is 5.91 Å². The van der Waals surface area contributed by atoms with Crippen molar-refractivity contribution in [2.24, 2.45) is 0 Å². The number of rotatable bonds is 6. The van der Waals surface area contributed by atoms with Crippen LogP contribution >= 0.6 is 0 Å². The smallest absolute Gasteiger partial charge is 0.337 e. The quantitative estimate of drug-likeness (QED) is 0.794. The van der Waals surface area contributed by atoms with E-state index in [1.54, 1.807) is 23.1 Å². The molecule has 2 aromatic carbocycles. The van der Waals surface area contributed by atoms with Gasteiger partial charge in [-0.1, -0.05) is 36.4 Å². The minimum absolute atomic E-state index is 0.0412. The van der Waals surface area contributed by atoms with E-state index in [0.29, 0.717) is 24.2 Å². The van der Waals surface area contributed by atoms with E-state index in [1.807, 2.05) is 30.3 Å². The summed E-state index contributed by atoms with van der Waals surface area (Å²) in [6.45, 7) is 1.13. The van der Waals surface area contributed by atoms with Crippen molar-refractivity contribution in [1.82, 2.24) is 10.2 Å². The number of nitrogens with zero attached hydrogens (tertiary/aromatic N) is 1. The standard InChI is InChI=1S/C21H22N2O4/c1-27-21(26)17-9-5-8-16(12-17)20(25)22-18-13-19(24)23(14-18)11-10-15-6-3-2-4-7-15/h2-9,12,18H,10-11,13-14H2,1H3,(H,22,25). The number of ether oxygens (including phenoxy) is 1. The summed E-state index contributed by atoms with van der Waals surface area (Å²) in [4.78, 5) is 38.1. The largest absolute Gasteiger partial charge is 0.465 e. The van der Waals surface area contributed by atoms with Crippen molar-refractivity contribution in [3.8, 4) is 0 Å². The minimum Gasteiger partial charge on any atom is -0.465 e. The Morgan fingerprint density at radius 1 is 1.11 bits per heavy atom. The number of benzene rings is 2. The van der Waals surface area contributed by atoms with Gasteiger partial charge < -0.3 is 15.0 Å². The van der Waals surface area contributed by atoms with Gasteiger partial charge in [0.2, 0.25) is 5.91 Å². The molecule has 140 valence electrons. The van der Waals surface area contributed by atoms with Crippen LogP contribution in [0.25, 0.3) is 0 Å². The highest BCUT2D eigenvalue weighted by Crippen LogP contribution is 2.14. The number of hydrogen-bond donors (Lipinski definition) is 1. The van der Waals surface area contributed by atoms with Crippen molar-refractivity contribution in [2.45, 2.75) is 18.9 Å². The molecule has 1 heterocycles. The fourth-order valence-electron chi connectivity index (χ4n) is 3.17. The zero-order valence-corrected chi connectivity index (χ0v) is 15.2. The number of nitrogens with one attached hydrogen (secondary N) is 1. The van der Waals surface area contributed by atoms with Crippen molar-refractivity contribution in [3.05, 3.63) is 71.3 Å². The predicted octanol–water partition coefficient (Wildman–Crippen LogP) is 2.05. The van der Waals surface area contributed by atoms with Gasteiger partial charge in [-0.05, 0) is 30.2 Å². The highest BCUT2D eigenvalue weighted by atomic mass is 16.5. The molecule has 1 N–H and O–H groups in total. The highest BCUT2D eigenvalue weighted by molar-refractivity contribution is 5.98. The van der Waals surface area contributed by atoms with Gasteiger partial charge in [-0.2, -0.15) is 0 Å². The second kappa shape index (κ2) is 8.49. The summed E-state index contributed by atoms with van der Waals surface area (Å²) in [5.74, 6) is -0.754. The number of amides is 2. The van der Waals surface area contributed by atoms with Gasteiger partial charge >= 0.3 is 5.97 Å². The van der Waals surface area contributed by atoms with E-state index in [2.05, 4.69) is 10.1 Å². The molecule has 1 aliphatic heterocycles. The number of likely N-dealkylation sites (tertiary alicyclic amines) is 1. The third kappa shape index (κ3) is 4.73. The molecule has 0 spiro atoms. The Hall–Kier alpha value is -3.15. The van der Waals surface area contributed by atoms with Crippen LogP contribution in [0, 0.1) is 0 Å². The first-order chi connectivity index (χ1) is 13.1. The van der Waals surface area contributed by atoms with Crippen molar-refractivity contribution >= 4 is 17.8 Å². The second-order valence-corrected chi connectivity index (χ2v) is 6.52. The van der Waals surface area contributed by atoms with Crippen LogP contribution in [0.5, 0.6) is 0 Å². The van der Waals surface area contributed by atoms with Crippen LogP contribution in [0.2, 0.25) is 0 Å². The first-order valence-electron chi connectivity index (χ1n) is 8.88. The van der Waals surface area contributed by atoms with Crippen molar-refractivity contribution in [1.29, 1.82) is 0 Å². The normalized spacial score (nSPS) is 16.3. The Bertz CT molecular complexity index is 835. The molecule has 0 bridgehead atoms. The molecule has 1 aliphatic rings. The lowest BCUT2D eigenvalue weighted by molar-refractivity contribution is -0.127. The van der Waals surface area contributed by atoms with Crippen LogP contribution in [0.3, 0.4) is 0 Å². The molecular weight excluding hydrogens is 344 g/mol. The van der Waals surface area contributed by atoms with E-state index >= 15 is 0 Å². The van der Waals surface area contributed by atoms with Gasteiger partial charge in [0.15, 0.2) is 0 Å². The van der Waals surface area contributed by atoms with Gasteiger partial charge in [0, 0.05) is 25.1 Å². The first-order valence-corrected chi connectivity index (χ1v) is 8.88. The zero-order valence-electron chi connectivity index (χ0n) is 15.2. The molecule has 6 heteroatoms. The molecule has 1 atom stereocenters. The van der Waals surface area contributed by atoms with Crippen LogP contribution in [0.15, 0.2) is 54.6 Å². The molecule has 1 unspecified atom stereocenters. The lowest BCUT2D eigenvalue weighted by Crippen LogP contribution is -2.37. The van der Waals surface area contributed by atoms with E-state index < -0.39 is 5.97 Å². The zero-order chi connectivity index (χ0) is 19.2. The molecule has 3 rings (SSSR count). The summed E-state index contributed by atoms with van der Waals surface area (Å²) in [6.07, 6.45) is 1.08. The van der Waals surface area contributed by atoms with E-state index in [0.717, 1.165) is 6.42 Å². The van der Waals surface area contributed by atoms with Crippen LogP contribution in [-0.2, 0) is 16.0 Å². The molecule has 0 aromatic heterocycles. The average molecular weight is 366 g/mol. The van der Waals surface area contributed by atoms with E-state index in [4.69, 9.17) is 0 Å². The molecular formula is C21H22N2O4. The summed E-state index contributed by atoms with van der Waals surface area (Å²) >= 11 is 0. The average Bonchev–Trinajstić information content (AvgIpc) is 3.05. The van der Waals surface area contributed by atoms with E-state index in [9.17, 15) is 14.4 Å². The number of hydrogen-bond acceptors (Lipinski definition) is 4. The molecule has 1 saturated heterocycles. The molecule has 2 aromatic rings. The third-order valence-corrected chi connectivity index (χ3v) is 4.61. The third-order valence-electron chi connectivity index (χ3n) is 4.61. The van der Waals surface area contributed by atoms with Crippen molar-refractivity contribution in [2.75, 3.05) is 20.2 Å². The summed E-state index contributed by atoms with van der Waals surface area (Å²) in [5, 5.41) is 2.88.